The lowest BCUT2D eigenvalue weighted by Crippen LogP contribution is -2.19. The minimum Gasteiger partial charge on any atom is -0.301 e. The number of nitrogens with zero attached hydrogens (tertiary/aromatic N) is 5. The normalized spacial score (nSPS) is 10.8. The van der Waals surface area contributed by atoms with Gasteiger partial charge in [-0.25, -0.2) is 0 Å². The van der Waals surface area contributed by atoms with Crippen molar-refractivity contribution in [2.45, 2.75) is 20.0 Å². The molecule has 6 nitrogen and oxygen atoms in total. The van der Waals surface area contributed by atoms with Gasteiger partial charge in [0.05, 0.1) is 6.54 Å². The van der Waals surface area contributed by atoms with Crippen LogP contribution < -0.4 is 4.87 Å². The molecule has 3 rings (SSSR count). The van der Waals surface area contributed by atoms with Gasteiger partial charge in [-0.3, -0.25) is 4.79 Å². The summed E-state index contributed by atoms with van der Waals surface area (Å²) < 4.78 is 1.72. The van der Waals surface area contributed by atoms with Gasteiger partial charge in [0.1, 0.15) is 0 Å². The SMILES string of the molecule is Cc1csc(=O)n1CCn1nnc(-c2ccccc2)n1. The summed E-state index contributed by atoms with van der Waals surface area (Å²) in [4.78, 5) is 13.2. The van der Waals surface area contributed by atoms with E-state index in [1.807, 2.05) is 42.6 Å². The van der Waals surface area contributed by atoms with Gasteiger partial charge >= 0.3 is 4.87 Å². The first-order chi connectivity index (χ1) is 9.74. The van der Waals surface area contributed by atoms with Crippen molar-refractivity contribution in [3.8, 4) is 11.4 Å². The number of tetrazole rings is 1. The van der Waals surface area contributed by atoms with Crippen LogP contribution in [0, 0.1) is 6.92 Å². The molecule has 1 aromatic carbocycles. The van der Waals surface area contributed by atoms with Gasteiger partial charge in [0, 0.05) is 23.2 Å². The van der Waals surface area contributed by atoms with E-state index >= 15 is 0 Å². The molecule has 0 saturated carbocycles. The zero-order chi connectivity index (χ0) is 13.9. The summed E-state index contributed by atoms with van der Waals surface area (Å²) >= 11 is 1.21. The smallest absolute Gasteiger partial charge is 0.301 e. The zero-order valence-corrected chi connectivity index (χ0v) is 11.7. The highest BCUT2D eigenvalue weighted by Gasteiger charge is 2.07. The maximum atomic E-state index is 11.6. The second-order valence-electron chi connectivity index (χ2n) is 4.37. The average molecular weight is 287 g/mol. The highest BCUT2D eigenvalue weighted by molar-refractivity contribution is 7.07. The molecule has 0 unspecified atom stereocenters. The van der Waals surface area contributed by atoms with Crippen LogP contribution in [0.4, 0.5) is 0 Å². The van der Waals surface area contributed by atoms with Crippen molar-refractivity contribution in [3.05, 3.63) is 51.1 Å². The van der Waals surface area contributed by atoms with Crippen LogP contribution in [0.15, 0.2) is 40.5 Å². The number of aryl methyl sites for hydroxylation is 2. The number of thiazole rings is 1. The summed E-state index contributed by atoms with van der Waals surface area (Å²) in [7, 11) is 0. The van der Waals surface area contributed by atoms with Gasteiger partial charge in [-0.15, -0.1) is 10.2 Å². The van der Waals surface area contributed by atoms with E-state index in [2.05, 4.69) is 15.4 Å². The highest BCUT2D eigenvalue weighted by Crippen LogP contribution is 2.11. The van der Waals surface area contributed by atoms with Gasteiger partial charge in [0.15, 0.2) is 0 Å². The summed E-state index contributed by atoms with van der Waals surface area (Å²) in [6.45, 7) is 3.00. The summed E-state index contributed by atoms with van der Waals surface area (Å²) in [5, 5.41) is 14.2. The first kappa shape index (κ1) is 12.7. The lowest BCUT2D eigenvalue weighted by molar-refractivity contribution is 0.465. The molecule has 0 aliphatic heterocycles. The second-order valence-corrected chi connectivity index (χ2v) is 5.19. The molecule has 0 radical (unpaired) electrons. The third-order valence-electron chi connectivity index (χ3n) is 2.98. The minimum atomic E-state index is 0.0471. The summed E-state index contributed by atoms with van der Waals surface area (Å²) in [6, 6.07) is 9.69. The van der Waals surface area contributed by atoms with Crippen LogP contribution >= 0.6 is 11.3 Å². The average Bonchev–Trinajstić information content (AvgIpc) is 3.06. The fraction of sp³-hybridized carbons (Fsp3) is 0.231. The summed E-state index contributed by atoms with van der Waals surface area (Å²) in [6.07, 6.45) is 0. The van der Waals surface area contributed by atoms with Gasteiger partial charge in [0.2, 0.25) is 5.82 Å². The highest BCUT2D eigenvalue weighted by atomic mass is 32.1. The van der Waals surface area contributed by atoms with Crippen molar-refractivity contribution in [2.75, 3.05) is 0 Å². The Morgan fingerprint density at radius 2 is 2.00 bits per heavy atom. The van der Waals surface area contributed by atoms with E-state index in [0.29, 0.717) is 18.9 Å². The molecule has 20 heavy (non-hydrogen) atoms. The fourth-order valence-corrected chi connectivity index (χ4v) is 2.67. The molecular formula is C13H13N5OS. The number of hydrogen-bond acceptors (Lipinski definition) is 5. The molecule has 102 valence electrons. The molecular weight excluding hydrogens is 274 g/mol. The van der Waals surface area contributed by atoms with Crippen LogP contribution in [0.1, 0.15) is 5.69 Å². The van der Waals surface area contributed by atoms with Crippen LogP contribution in [-0.2, 0) is 13.1 Å². The van der Waals surface area contributed by atoms with E-state index in [1.165, 1.54) is 16.1 Å². The van der Waals surface area contributed by atoms with Crippen LogP contribution in [-0.4, -0.2) is 24.8 Å². The lowest BCUT2D eigenvalue weighted by atomic mass is 10.2. The molecule has 0 saturated heterocycles. The molecule has 0 spiro atoms. The Hall–Kier alpha value is -2.28. The topological polar surface area (TPSA) is 65.6 Å². The predicted molar refractivity (Wildman–Crippen MR) is 76.6 cm³/mol. The van der Waals surface area contributed by atoms with Gasteiger partial charge in [-0.2, -0.15) is 4.80 Å². The standard InChI is InChI=1S/C13H13N5OS/c1-10-9-20-13(19)17(10)7-8-18-15-12(14-16-18)11-5-3-2-4-6-11/h2-6,9H,7-8H2,1H3. The van der Waals surface area contributed by atoms with Gasteiger partial charge in [-0.05, 0) is 12.1 Å². The van der Waals surface area contributed by atoms with Crippen molar-refractivity contribution in [2.24, 2.45) is 0 Å². The molecule has 0 N–H and O–H groups in total. The van der Waals surface area contributed by atoms with E-state index in [4.69, 9.17) is 0 Å². The Morgan fingerprint density at radius 3 is 2.70 bits per heavy atom. The van der Waals surface area contributed by atoms with Crippen LogP contribution in [0.3, 0.4) is 0 Å². The Labute approximate surface area is 119 Å². The monoisotopic (exact) mass is 287 g/mol. The number of aromatic nitrogens is 5. The molecule has 0 amide bonds. The summed E-state index contributed by atoms with van der Waals surface area (Å²) in [5.41, 5.74) is 1.89. The quantitative estimate of drug-likeness (QED) is 0.730. The third kappa shape index (κ3) is 2.53. The Balaban J connectivity index is 1.74. The number of hydrogen-bond donors (Lipinski definition) is 0. The van der Waals surface area contributed by atoms with E-state index < -0.39 is 0 Å². The van der Waals surface area contributed by atoms with Gasteiger partial charge in [0.25, 0.3) is 0 Å². The maximum absolute atomic E-state index is 11.6. The molecule has 0 aliphatic carbocycles. The number of rotatable bonds is 4. The van der Waals surface area contributed by atoms with Crippen molar-refractivity contribution < 1.29 is 0 Å². The van der Waals surface area contributed by atoms with Gasteiger partial charge in [-0.1, -0.05) is 41.7 Å². The third-order valence-corrected chi connectivity index (χ3v) is 3.87. The van der Waals surface area contributed by atoms with E-state index in [9.17, 15) is 4.79 Å². The Kier molecular flexibility index (Phi) is 3.42. The van der Waals surface area contributed by atoms with Crippen molar-refractivity contribution in [1.29, 1.82) is 0 Å². The molecule has 0 aliphatic rings. The summed E-state index contributed by atoms with van der Waals surface area (Å²) in [5.74, 6) is 0.597. The number of benzene rings is 1. The molecule has 0 bridgehead atoms. The maximum Gasteiger partial charge on any atom is 0.307 e. The Bertz CT molecular complexity index is 758. The molecule has 3 aromatic rings. The van der Waals surface area contributed by atoms with Crippen molar-refractivity contribution >= 4 is 11.3 Å². The van der Waals surface area contributed by atoms with Crippen molar-refractivity contribution in [3.63, 3.8) is 0 Å². The largest absolute Gasteiger partial charge is 0.307 e. The fourth-order valence-electron chi connectivity index (χ4n) is 1.90. The molecule has 0 atom stereocenters. The first-order valence-corrected chi connectivity index (χ1v) is 7.10. The van der Waals surface area contributed by atoms with E-state index in [-0.39, 0.29) is 4.87 Å². The minimum absolute atomic E-state index is 0.0471. The van der Waals surface area contributed by atoms with Gasteiger partial charge < -0.3 is 4.57 Å². The molecule has 0 fully saturated rings. The molecule has 2 aromatic heterocycles. The van der Waals surface area contributed by atoms with E-state index in [1.54, 1.807) is 4.57 Å². The molecule has 7 heteroatoms. The van der Waals surface area contributed by atoms with Crippen molar-refractivity contribution in [1.82, 2.24) is 24.8 Å². The van der Waals surface area contributed by atoms with Crippen LogP contribution in [0.5, 0.6) is 0 Å². The Morgan fingerprint density at radius 1 is 1.20 bits per heavy atom. The second kappa shape index (κ2) is 5.38. The lowest BCUT2D eigenvalue weighted by Gasteiger charge is -2.02. The zero-order valence-electron chi connectivity index (χ0n) is 10.9. The molecule has 2 heterocycles. The van der Waals surface area contributed by atoms with Crippen LogP contribution in [0.25, 0.3) is 11.4 Å². The first-order valence-electron chi connectivity index (χ1n) is 6.22. The predicted octanol–water partition coefficient (Wildman–Crippen LogP) is 1.57. The van der Waals surface area contributed by atoms with Crippen LogP contribution in [0.2, 0.25) is 0 Å². The van der Waals surface area contributed by atoms with E-state index in [0.717, 1.165) is 11.3 Å².